The summed E-state index contributed by atoms with van der Waals surface area (Å²) in [6, 6.07) is 0. The van der Waals surface area contributed by atoms with E-state index in [2.05, 4.69) is 0 Å². The Morgan fingerprint density at radius 1 is 1.67 bits per heavy atom. The third-order valence-electron chi connectivity index (χ3n) is 0.714. The fraction of sp³-hybridized carbons (Fsp3) is 0.667. The van der Waals surface area contributed by atoms with Crippen LogP contribution in [0.5, 0.6) is 0 Å². The molecule has 0 radical (unpaired) electrons. The molecule has 54 valence electrons. The molecule has 0 aromatic rings. The molecule has 0 aromatic heterocycles. The fourth-order valence-electron chi connectivity index (χ4n) is 0.217. The molecule has 0 aliphatic carbocycles. The Bertz CT molecular complexity index is 121. The zero-order valence-electron chi connectivity index (χ0n) is 4.64. The summed E-state index contributed by atoms with van der Waals surface area (Å²) >= 11 is -3.38. The summed E-state index contributed by atoms with van der Waals surface area (Å²) in [6.07, 6.45) is 0. The Balaban J connectivity index is 4.04. The molecule has 0 aromatic carbocycles. The van der Waals surface area contributed by atoms with Gasteiger partial charge in [-0.25, -0.2) is 0 Å². The molecule has 0 fully saturated rings. The Labute approximate surface area is 63.3 Å². The number of aliphatic hydroxyl groups excluding tert-OH is 1. The van der Waals surface area contributed by atoms with E-state index in [9.17, 15) is 4.79 Å². The van der Waals surface area contributed by atoms with Gasteiger partial charge in [0.05, 0.1) is 0 Å². The summed E-state index contributed by atoms with van der Waals surface area (Å²) in [6.45, 7) is 0. The van der Waals surface area contributed by atoms with Gasteiger partial charge < -0.3 is 0 Å². The van der Waals surface area contributed by atoms with Gasteiger partial charge in [-0.15, -0.1) is 0 Å². The molecule has 0 rings (SSSR count). The van der Waals surface area contributed by atoms with E-state index in [-0.39, 0.29) is 0 Å². The van der Waals surface area contributed by atoms with Crippen LogP contribution in [0.15, 0.2) is 0 Å². The summed E-state index contributed by atoms with van der Waals surface area (Å²) in [7, 11) is 10.8. The summed E-state index contributed by atoms with van der Waals surface area (Å²) in [5.74, 6) is 0.0459. The first-order valence-electron chi connectivity index (χ1n) is 2.14. The molecular weight excluding hydrogens is 228 g/mol. The van der Waals surface area contributed by atoms with E-state index in [1.807, 2.05) is 0 Å². The van der Waals surface area contributed by atoms with Crippen LogP contribution < -0.4 is 0 Å². The molecule has 9 heavy (non-hydrogen) atoms. The van der Waals surface area contributed by atoms with Gasteiger partial charge in [-0.3, -0.25) is 0 Å². The topological polar surface area (TPSA) is 57.5 Å². The molecular formula is C3H6Cl2GeO3. The first-order chi connectivity index (χ1) is 3.85. The molecule has 0 saturated heterocycles. The van der Waals surface area contributed by atoms with E-state index in [1.165, 1.54) is 5.76 Å². The van der Waals surface area contributed by atoms with Crippen LogP contribution in [0, 0.1) is 0 Å². The molecule has 0 aliphatic heterocycles. The monoisotopic (exact) mass is 234 g/mol. The first kappa shape index (κ1) is 9.55. The van der Waals surface area contributed by atoms with Crippen LogP contribution in [0.3, 0.4) is 0 Å². The van der Waals surface area contributed by atoms with E-state index in [1.54, 1.807) is 0 Å². The van der Waals surface area contributed by atoms with Crippen molar-refractivity contribution < 1.29 is 15.0 Å². The molecule has 6 heteroatoms. The van der Waals surface area contributed by atoms with Crippen molar-refractivity contribution >= 4 is 37.4 Å². The van der Waals surface area contributed by atoms with Crippen molar-refractivity contribution in [3.63, 3.8) is 0 Å². The van der Waals surface area contributed by atoms with Crippen molar-refractivity contribution in [3.8, 4) is 0 Å². The standard InChI is InChI=1S/C3H6Cl2GeO3/c1-6(4,5)2(7)3(8)9/h2,7H,1H3,(H,8,9). The Morgan fingerprint density at radius 3 is 2.00 bits per heavy atom. The number of carbonyl (C=O) groups is 1. The van der Waals surface area contributed by atoms with Crippen molar-refractivity contribution in [3.05, 3.63) is 0 Å². The molecule has 0 saturated carbocycles. The molecule has 0 spiro atoms. The first-order valence-corrected chi connectivity index (χ1v) is 11.0. The van der Waals surface area contributed by atoms with Gasteiger partial charge in [0.1, 0.15) is 0 Å². The molecule has 0 amide bonds. The maximum absolute atomic E-state index is 9.97. The fourth-order valence-corrected chi connectivity index (χ4v) is 2.10. The summed E-state index contributed by atoms with van der Waals surface area (Å²) in [5.41, 5.74) is 0. The minimum absolute atomic E-state index is 1.34. The number of hydrogen-bond donors (Lipinski definition) is 2. The van der Waals surface area contributed by atoms with Crippen LogP contribution in [-0.2, 0) is 4.79 Å². The Hall–Kier alpha value is 0.553. The summed E-state index contributed by atoms with van der Waals surface area (Å²) in [5, 5.41) is 16.8. The zero-order valence-corrected chi connectivity index (χ0v) is 8.25. The number of hydrogen-bond acceptors (Lipinski definition) is 2. The summed E-state index contributed by atoms with van der Waals surface area (Å²) < 4.78 is 0. The van der Waals surface area contributed by atoms with Crippen LogP contribution >= 0.6 is 20.0 Å². The number of aliphatic hydroxyl groups is 1. The van der Waals surface area contributed by atoms with Crippen LogP contribution in [0.2, 0.25) is 5.76 Å². The number of aliphatic carboxylic acids is 1. The molecule has 0 bridgehead atoms. The Morgan fingerprint density at radius 2 is 2.00 bits per heavy atom. The van der Waals surface area contributed by atoms with E-state index in [0.29, 0.717) is 0 Å². The van der Waals surface area contributed by atoms with Crippen molar-refractivity contribution in [1.29, 1.82) is 0 Å². The average Bonchev–Trinajstić information content (AvgIpc) is 1.62. The molecule has 1 unspecified atom stereocenters. The van der Waals surface area contributed by atoms with Crippen LogP contribution in [0.1, 0.15) is 0 Å². The third kappa shape index (κ3) is 3.30. The molecule has 0 aliphatic rings. The van der Waals surface area contributed by atoms with Gasteiger partial charge in [-0.2, -0.15) is 0 Å². The van der Waals surface area contributed by atoms with Gasteiger partial charge in [-0.1, -0.05) is 0 Å². The number of halogens is 2. The van der Waals surface area contributed by atoms with E-state index in [4.69, 9.17) is 30.2 Å². The van der Waals surface area contributed by atoms with E-state index in [0.717, 1.165) is 0 Å². The second kappa shape index (κ2) is 3.10. The predicted octanol–water partition coefficient (Wildman–Crippen LogP) is 0.521. The van der Waals surface area contributed by atoms with Gasteiger partial charge in [-0.05, 0) is 0 Å². The number of carboxylic acid groups (broad SMARTS) is 1. The SMILES string of the molecule is [CH3][Ge]([Cl])([Cl])[CH](O)C(=O)O. The van der Waals surface area contributed by atoms with Crippen LogP contribution in [-0.4, -0.2) is 32.5 Å². The average molecular weight is 234 g/mol. The van der Waals surface area contributed by atoms with E-state index >= 15 is 0 Å². The van der Waals surface area contributed by atoms with Crippen molar-refractivity contribution in [1.82, 2.24) is 0 Å². The van der Waals surface area contributed by atoms with Gasteiger partial charge in [0.15, 0.2) is 0 Å². The second-order valence-electron chi connectivity index (χ2n) is 1.70. The molecule has 3 nitrogen and oxygen atoms in total. The van der Waals surface area contributed by atoms with E-state index < -0.39 is 22.3 Å². The molecule has 0 heterocycles. The molecule has 1 atom stereocenters. The van der Waals surface area contributed by atoms with Crippen molar-refractivity contribution in [2.24, 2.45) is 0 Å². The Kier molecular flexibility index (Phi) is 3.29. The normalized spacial score (nSPS) is 15.1. The van der Waals surface area contributed by atoms with Gasteiger partial charge >= 0.3 is 63.1 Å². The molecule has 2 N–H and O–H groups in total. The van der Waals surface area contributed by atoms with Gasteiger partial charge in [0.2, 0.25) is 0 Å². The zero-order chi connectivity index (χ0) is 7.65. The van der Waals surface area contributed by atoms with Crippen LogP contribution in [0.25, 0.3) is 0 Å². The number of rotatable bonds is 2. The van der Waals surface area contributed by atoms with Crippen LogP contribution in [0.4, 0.5) is 0 Å². The number of carboxylic acids is 1. The maximum atomic E-state index is 9.97. The minimum atomic E-state index is -3.38. The van der Waals surface area contributed by atoms with Crippen molar-refractivity contribution in [2.75, 3.05) is 0 Å². The predicted molar refractivity (Wildman–Crippen MR) is 37.0 cm³/mol. The third-order valence-corrected chi connectivity index (χ3v) is 5.39. The van der Waals surface area contributed by atoms with Gasteiger partial charge in [0.25, 0.3) is 0 Å². The van der Waals surface area contributed by atoms with Crippen molar-refractivity contribution in [2.45, 2.75) is 10.7 Å². The summed E-state index contributed by atoms with van der Waals surface area (Å²) in [4.78, 5) is 8.43. The van der Waals surface area contributed by atoms with Gasteiger partial charge in [0, 0.05) is 0 Å². The second-order valence-corrected chi connectivity index (χ2v) is 16.0. The quantitative estimate of drug-likeness (QED) is 0.684.